The number of carbonyl (C=O) groups is 1. The molecule has 4 rings (SSSR count). The van der Waals surface area contributed by atoms with Crippen LogP contribution >= 0.6 is 23.4 Å². The Morgan fingerprint density at radius 2 is 1.36 bits per heavy atom. The van der Waals surface area contributed by atoms with E-state index in [9.17, 15) is 9.90 Å². The maximum absolute atomic E-state index is 11.4. The van der Waals surface area contributed by atoms with Crippen molar-refractivity contribution >= 4 is 57.0 Å². The summed E-state index contributed by atoms with van der Waals surface area (Å²) in [5, 5.41) is 14.4. The SMILES string of the molecule is C/C(=C\c1c2ccccc2c(Sc2ccc(Cl)cc2)c2ccccc12)C(=O)O. The predicted octanol–water partition coefficient (Wildman–Crippen LogP) is 7.29. The monoisotopic (exact) mass is 404 g/mol. The number of hydrogen-bond acceptors (Lipinski definition) is 2. The molecule has 0 aliphatic heterocycles. The Kier molecular flexibility index (Phi) is 5.12. The van der Waals surface area contributed by atoms with Crippen molar-refractivity contribution in [1.29, 1.82) is 0 Å². The van der Waals surface area contributed by atoms with Gasteiger partial charge in [0.25, 0.3) is 0 Å². The van der Waals surface area contributed by atoms with E-state index in [1.54, 1.807) is 24.8 Å². The molecule has 0 aromatic heterocycles. The molecule has 4 aromatic rings. The van der Waals surface area contributed by atoms with Crippen LogP contribution in [-0.2, 0) is 4.79 Å². The molecule has 138 valence electrons. The van der Waals surface area contributed by atoms with Crippen LogP contribution in [-0.4, -0.2) is 11.1 Å². The summed E-state index contributed by atoms with van der Waals surface area (Å²) in [5.41, 5.74) is 1.25. The summed E-state index contributed by atoms with van der Waals surface area (Å²) < 4.78 is 0. The zero-order valence-electron chi connectivity index (χ0n) is 15.1. The van der Waals surface area contributed by atoms with Crippen molar-refractivity contribution in [3.63, 3.8) is 0 Å². The Morgan fingerprint density at radius 1 is 0.857 bits per heavy atom. The Bertz CT molecular complexity index is 1170. The van der Waals surface area contributed by atoms with Gasteiger partial charge in [-0.3, -0.25) is 0 Å². The predicted molar refractivity (Wildman–Crippen MR) is 118 cm³/mol. The third-order valence-electron chi connectivity index (χ3n) is 4.66. The van der Waals surface area contributed by atoms with Crippen LogP contribution in [0, 0.1) is 0 Å². The van der Waals surface area contributed by atoms with Crippen LogP contribution in [0.15, 0.2) is 88.2 Å². The third kappa shape index (κ3) is 3.51. The van der Waals surface area contributed by atoms with Gasteiger partial charge in [0.05, 0.1) is 0 Å². The number of hydrogen-bond donors (Lipinski definition) is 1. The Balaban J connectivity index is 2.04. The smallest absolute Gasteiger partial charge is 0.331 e. The Labute approximate surface area is 172 Å². The second-order valence-corrected chi connectivity index (χ2v) is 8.04. The van der Waals surface area contributed by atoms with Gasteiger partial charge in [0.15, 0.2) is 0 Å². The minimum atomic E-state index is -0.909. The van der Waals surface area contributed by atoms with Crippen LogP contribution < -0.4 is 0 Å². The van der Waals surface area contributed by atoms with E-state index in [2.05, 4.69) is 24.3 Å². The summed E-state index contributed by atoms with van der Waals surface area (Å²) in [4.78, 5) is 13.7. The average Bonchev–Trinajstić information content (AvgIpc) is 2.71. The zero-order chi connectivity index (χ0) is 19.7. The minimum Gasteiger partial charge on any atom is -0.478 e. The summed E-state index contributed by atoms with van der Waals surface area (Å²) in [6.45, 7) is 1.63. The lowest BCUT2D eigenvalue weighted by Crippen LogP contribution is -1.96. The second-order valence-electron chi connectivity index (χ2n) is 6.52. The van der Waals surface area contributed by atoms with Gasteiger partial charge in [-0.1, -0.05) is 71.9 Å². The molecular formula is C24H17ClO2S. The fraction of sp³-hybridized carbons (Fsp3) is 0.0417. The third-order valence-corrected chi connectivity index (χ3v) is 6.06. The van der Waals surface area contributed by atoms with Crippen LogP contribution in [0.25, 0.3) is 27.6 Å². The van der Waals surface area contributed by atoms with E-state index in [-0.39, 0.29) is 0 Å². The number of carboxylic acids is 1. The molecule has 0 aliphatic rings. The summed E-state index contributed by atoms with van der Waals surface area (Å²) in [6.07, 6.45) is 1.77. The molecule has 0 radical (unpaired) electrons. The topological polar surface area (TPSA) is 37.3 Å². The van der Waals surface area contributed by atoms with Gasteiger partial charge < -0.3 is 5.11 Å². The van der Waals surface area contributed by atoms with E-state index in [0.29, 0.717) is 10.6 Å². The first-order chi connectivity index (χ1) is 13.5. The lowest BCUT2D eigenvalue weighted by Gasteiger charge is -2.15. The Hall–Kier alpha value is -2.75. The highest BCUT2D eigenvalue weighted by atomic mass is 35.5. The fourth-order valence-corrected chi connectivity index (χ4v) is 4.50. The summed E-state index contributed by atoms with van der Waals surface area (Å²) in [5.74, 6) is -0.909. The van der Waals surface area contributed by atoms with Gasteiger partial charge in [0, 0.05) is 20.4 Å². The molecule has 0 saturated heterocycles. The number of rotatable bonds is 4. The van der Waals surface area contributed by atoms with Crippen molar-refractivity contribution < 1.29 is 9.90 Å². The molecule has 0 fully saturated rings. The van der Waals surface area contributed by atoms with Crippen molar-refractivity contribution in [2.24, 2.45) is 0 Å². The zero-order valence-corrected chi connectivity index (χ0v) is 16.7. The highest BCUT2D eigenvalue weighted by Crippen LogP contribution is 2.42. The van der Waals surface area contributed by atoms with Crippen LogP contribution in [0.2, 0.25) is 5.02 Å². The maximum atomic E-state index is 11.4. The lowest BCUT2D eigenvalue weighted by atomic mass is 9.95. The molecule has 0 unspecified atom stereocenters. The second kappa shape index (κ2) is 7.70. The molecule has 4 heteroatoms. The quantitative estimate of drug-likeness (QED) is 0.286. The highest BCUT2D eigenvalue weighted by Gasteiger charge is 2.14. The van der Waals surface area contributed by atoms with Crippen LogP contribution in [0.5, 0.6) is 0 Å². The number of benzene rings is 4. The molecule has 0 spiro atoms. The van der Waals surface area contributed by atoms with Crippen LogP contribution in [0.1, 0.15) is 12.5 Å². The van der Waals surface area contributed by atoms with Crippen molar-refractivity contribution in [2.75, 3.05) is 0 Å². The minimum absolute atomic E-state index is 0.313. The molecule has 0 saturated carbocycles. The molecule has 4 aromatic carbocycles. The lowest BCUT2D eigenvalue weighted by molar-refractivity contribution is -0.132. The van der Waals surface area contributed by atoms with E-state index in [4.69, 9.17) is 11.6 Å². The van der Waals surface area contributed by atoms with Crippen molar-refractivity contribution in [1.82, 2.24) is 0 Å². The Morgan fingerprint density at radius 3 is 1.86 bits per heavy atom. The normalized spacial score (nSPS) is 11.9. The summed E-state index contributed by atoms with van der Waals surface area (Å²) in [6, 6.07) is 24.1. The van der Waals surface area contributed by atoms with Gasteiger partial charge in [-0.25, -0.2) is 4.79 Å². The van der Waals surface area contributed by atoms with E-state index >= 15 is 0 Å². The fourth-order valence-electron chi connectivity index (χ4n) is 3.29. The molecule has 1 N–H and O–H groups in total. The van der Waals surface area contributed by atoms with E-state index < -0.39 is 5.97 Å². The van der Waals surface area contributed by atoms with Gasteiger partial charge >= 0.3 is 5.97 Å². The van der Waals surface area contributed by atoms with Gasteiger partial charge in [-0.15, -0.1) is 0 Å². The van der Waals surface area contributed by atoms with E-state index in [1.807, 2.05) is 48.5 Å². The highest BCUT2D eigenvalue weighted by molar-refractivity contribution is 7.99. The molecule has 0 bridgehead atoms. The molecule has 0 heterocycles. The number of carboxylic acid groups (broad SMARTS) is 1. The summed E-state index contributed by atoms with van der Waals surface area (Å²) in [7, 11) is 0. The first kappa shape index (κ1) is 18.6. The van der Waals surface area contributed by atoms with Crippen molar-refractivity contribution in [2.45, 2.75) is 16.7 Å². The van der Waals surface area contributed by atoms with Gasteiger partial charge in [0.1, 0.15) is 0 Å². The maximum Gasteiger partial charge on any atom is 0.331 e. The summed E-state index contributed by atoms with van der Waals surface area (Å²) >= 11 is 7.73. The first-order valence-corrected chi connectivity index (χ1v) is 10.0. The molecule has 0 amide bonds. The average molecular weight is 405 g/mol. The van der Waals surface area contributed by atoms with Gasteiger partial charge in [-0.2, -0.15) is 0 Å². The standard InChI is InChI=1S/C24H17ClO2S/c1-15(24(26)27)14-22-18-6-2-4-8-20(18)23(21-9-5-3-7-19(21)22)28-17-12-10-16(25)11-13-17/h2-14H,1H3,(H,26,27)/b15-14+. The largest absolute Gasteiger partial charge is 0.478 e. The molecule has 0 aliphatic carbocycles. The molecular weight excluding hydrogens is 388 g/mol. The van der Waals surface area contributed by atoms with Crippen LogP contribution in [0.3, 0.4) is 0 Å². The number of aliphatic carboxylic acids is 1. The number of halogens is 1. The van der Waals surface area contributed by atoms with Crippen molar-refractivity contribution in [3.05, 3.63) is 89.0 Å². The van der Waals surface area contributed by atoms with Crippen molar-refractivity contribution in [3.8, 4) is 0 Å². The number of fused-ring (bicyclic) bond motifs is 2. The van der Waals surface area contributed by atoms with Gasteiger partial charge in [-0.05, 0) is 64.4 Å². The van der Waals surface area contributed by atoms with Gasteiger partial charge in [0.2, 0.25) is 0 Å². The van der Waals surface area contributed by atoms with E-state index in [1.165, 1.54) is 0 Å². The van der Waals surface area contributed by atoms with Crippen LogP contribution in [0.4, 0.5) is 0 Å². The first-order valence-electron chi connectivity index (χ1n) is 8.83. The molecule has 0 atom stereocenters. The molecule has 28 heavy (non-hydrogen) atoms. The molecule has 2 nitrogen and oxygen atoms in total. The van der Waals surface area contributed by atoms with E-state index in [0.717, 1.165) is 36.9 Å².